The van der Waals surface area contributed by atoms with Gasteiger partial charge in [0, 0.05) is 16.1 Å². The van der Waals surface area contributed by atoms with Gasteiger partial charge in [0.25, 0.3) is 0 Å². The highest BCUT2D eigenvalue weighted by Crippen LogP contribution is 2.31. The van der Waals surface area contributed by atoms with Gasteiger partial charge in [0.05, 0.1) is 5.38 Å². The van der Waals surface area contributed by atoms with Crippen molar-refractivity contribution in [3.05, 3.63) is 69.7 Å². The van der Waals surface area contributed by atoms with Crippen LogP contribution in [0.1, 0.15) is 16.5 Å². The average Bonchev–Trinajstić information content (AvgIpc) is 2.28. The lowest BCUT2D eigenvalue weighted by molar-refractivity contribution is 0.573. The van der Waals surface area contributed by atoms with Crippen molar-refractivity contribution in [3.63, 3.8) is 0 Å². The van der Waals surface area contributed by atoms with E-state index in [-0.39, 0.29) is 5.56 Å². The molecule has 0 aliphatic heterocycles. The smallest absolute Gasteiger partial charge is 0.131 e. The first-order chi connectivity index (χ1) is 8.08. The molecule has 0 fully saturated rings. The van der Waals surface area contributed by atoms with Crippen LogP contribution in [0.4, 0.5) is 8.78 Å². The zero-order valence-corrected chi connectivity index (χ0v) is 11.0. The molecule has 0 aliphatic carbocycles. The Morgan fingerprint density at radius 2 is 1.82 bits per heavy atom. The van der Waals surface area contributed by atoms with Gasteiger partial charge in [0.2, 0.25) is 0 Å². The van der Waals surface area contributed by atoms with Gasteiger partial charge in [-0.05, 0) is 23.8 Å². The summed E-state index contributed by atoms with van der Waals surface area (Å²) in [6.07, 6.45) is 0. The fourth-order valence-corrected chi connectivity index (χ4v) is 2.28. The SMILES string of the molecule is Fc1ccc(C(Cl)c2cccc(Br)c2)c(F)c1. The van der Waals surface area contributed by atoms with E-state index in [4.69, 9.17) is 11.6 Å². The number of halogens is 4. The number of alkyl halides is 1. The number of rotatable bonds is 2. The van der Waals surface area contributed by atoms with E-state index in [1.54, 1.807) is 12.1 Å². The minimum absolute atomic E-state index is 0.270. The third kappa shape index (κ3) is 2.85. The molecule has 0 heterocycles. The van der Waals surface area contributed by atoms with Crippen LogP contribution in [0.25, 0.3) is 0 Å². The summed E-state index contributed by atoms with van der Waals surface area (Å²) in [5.74, 6) is -1.24. The molecule has 0 N–H and O–H groups in total. The molecule has 1 atom stereocenters. The van der Waals surface area contributed by atoms with Crippen LogP contribution < -0.4 is 0 Å². The zero-order valence-electron chi connectivity index (χ0n) is 8.63. The van der Waals surface area contributed by atoms with Gasteiger partial charge >= 0.3 is 0 Å². The second-order valence-electron chi connectivity index (χ2n) is 3.58. The average molecular weight is 318 g/mol. The van der Waals surface area contributed by atoms with Crippen LogP contribution in [-0.4, -0.2) is 0 Å². The third-order valence-electron chi connectivity index (χ3n) is 2.38. The fourth-order valence-electron chi connectivity index (χ4n) is 1.55. The van der Waals surface area contributed by atoms with Gasteiger partial charge in [-0.3, -0.25) is 0 Å². The molecule has 0 saturated heterocycles. The van der Waals surface area contributed by atoms with Crippen molar-refractivity contribution in [2.45, 2.75) is 5.38 Å². The first-order valence-electron chi connectivity index (χ1n) is 4.92. The highest BCUT2D eigenvalue weighted by atomic mass is 79.9. The Hall–Kier alpha value is -0.930. The van der Waals surface area contributed by atoms with E-state index in [9.17, 15) is 8.78 Å². The summed E-state index contributed by atoms with van der Waals surface area (Å²) >= 11 is 9.50. The summed E-state index contributed by atoms with van der Waals surface area (Å²) in [6, 6.07) is 10.7. The molecule has 0 aromatic heterocycles. The molecule has 0 spiro atoms. The lowest BCUT2D eigenvalue weighted by Crippen LogP contribution is -1.97. The van der Waals surface area contributed by atoms with Gasteiger partial charge < -0.3 is 0 Å². The fraction of sp³-hybridized carbons (Fsp3) is 0.0769. The predicted molar refractivity (Wildman–Crippen MR) is 68.2 cm³/mol. The Morgan fingerprint density at radius 3 is 2.47 bits per heavy atom. The molecule has 88 valence electrons. The van der Waals surface area contributed by atoms with Crippen LogP contribution in [0, 0.1) is 11.6 Å². The Kier molecular flexibility index (Phi) is 3.79. The molecule has 0 saturated carbocycles. The molecule has 4 heteroatoms. The molecule has 0 aliphatic rings. The van der Waals surface area contributed by atoms with E-state index in [1.165, 1.54) is 12.1 Å². The Balaban J connectivity index is 2.40. The van der Waals surface area contributed by atoms with Crippen molar-refractivity contribution in [1.29, 1.82) is 0 Å². The monoisotopic (exact) mass is 316 g/mol. The summed E-state index contributed by atoms with van der Waals surface area (Å²) in [7, 11) is 0. The molecule has 2 aromatic rings. The summed E-state index contributed by atoms with van der Waals surface area (Å²) < 4.78 is 27.2. The van der Waals surface area contributed by atoms with Crippen LogP contribution in [-0.2, 0) is 0 Å². The molecule has 0 radical (unpaired) electrons. The van der Waals surface area contributed by atoms with Crippen LogP contribution >= 0.6 is 27.5 Å². The van der Waals surface area contributed by atoms with E-state index in [2.05, 4.69) is 15.9 Å². The largest absolute Gasteiger partial charge is 0.207 e. The van der Waals surface area contributed by atoms with Crippen LogP contribution in [0.5, 0.6) is 0 Å². The van der Waals surface area contributed by atoms with Gasteiger partial charge in [-0.1, -0.05) is 34.1 Å². The number of hydrogen-bond acceptors (Lipinski definition) is 0. The van der Waals surface area contributed by atoms with Crippen molar-refractivity contribution in [1.82, 2.24) is 0 Å². The van der Waals surface area contributed by atoms with E-state index >= 15 is 0 Å². The van der Waals surface area contributed by atoms with Gasteiger partial charge in [0.1, 0.15) is 11.6 Å². The minimum atomic E-state index is -0.634. The van der Waals surface area contributed by atoms with Crippen molar-refractivity contribution in [2.24, 2.45) is 0 Å². The van der Waals surface area contributed by atoms with Gasteiger partial charge in [-0.25, -0.2) is 8.78 Å². The zero-order chi connectivity index (χ0) is 12.4. The van der Waals surface area contributed by atoms with Gasteiger partial charge in [0.15, 0.2) is 0 Å². The quantitative estimate of drug-likeness (QED) is 0.680. The predicted octanol–water partition coefficient (Wildman–Crippen LogP) is 5.06. The number of benzene rings is 2. The molecule has 0 nitrogen and oxygen atoms in total. The Bertz CT molecular complexity index is 543. The van der Waals surface area contributed by atoms with Crippen molar-refractivity contribution >= 4 is 27.5 Å². The lowest BCUT2D eigenvalue weighted by atomic mass is 10.0. The minimum Gasteiger partial charge on any atom is -0.207 e. The van der Waals surface area contributed by atoms with Crippen LogP contribution in [0.15, 0.2) is 46.9 Å². The van der Waals surface area contributed by atoms with E-state index in [0.717, 1.165) is 16.1 Å². The van der Waals surface area contributed by atoms with Gasteiger partial charge in [-0.2, -0.15) is 0 Å². The second kappa shape index (κ2) is 5.15. The van der Waals surface area contributed by atoms with E-state index in [1.807, 2.05) is 12.1 Å². The Morgan fingerprint density at radius 1 is 1.06 bits per heavy atom. The molecule has 0 amide bonds. The first-order valence-corrected chi connectivity index (χ1v) is 6.15. The van der Waals surface area contributed by atoms with Crippen molar-refractivity contribution < 1.29 is 8.78 Å². The third-order valence-corrected chi connectivity index (χ3v) is 3.36. The summed E-state index contributed by atoms with van der Waals surface area (Å²) in [5, 5.41) is -0.631. The maximum atomic E-state index is 13.6. The number of hydrogen-bond donors (Lipinski definition) is 0. The maximum absolute atomic E-state index is 13.6. The maximum Gasteiger partial charge on any atom is 0.131 e. The summed E-state index contributed by atoms with van der Waals surface area (Å²) in [5.41, 5.74) is 1.03. The highest BCUT2D eigenvalue weighted by molar-refractivity contribution is 9.10. The van der Waals surface area contributed by atoms with Crippen molar-refractivity contribution in [2.75, 3.05) is 0 Å². The standard InChI is InChI=1S/C13H8BrClF2/c14-9-3-1-2-8(6-9)13(15)11-5-4-10(16)7-12(11)17/h1-7,13H. The highest BCUT2D eigenvalue weighted by Gasteiger charge is 2.15. The Labute approximate surface area is 111 Å². The normalized spacial score (nSPS) is 12.5. The molecule has 2 aromatic carbocycles. The first kappa shape index (κ1) is 12.5. The molecule has 17 heavy (non-hydrogen) atoms. The molecule has 0 bridgehead atoms. The summed E-state index contributed by atoms with van der Waals surface area (Å²) in [6.45, 7) is 0. The van der Waals surface area contributed by atoms with Crippen LogP contribution in [0.2, 0.25) is 0 Å². The molecular weight excluding hydrogens is 309 g/mol. The topological polar surface area (TPSA) is 0 Å². The van der Waals surface area contributed by atoms with Gasteiger partial charge in [-0.15, -0.1) is 11.6 Å². The second-order valence-corrected chi connectivity index (χ2v) is 4.94. The molecule has 2 rings (SSSR count). The van der Waals surface area contributed by atoms with E-state index < -0.39 is 17.0 Å². The lowest BCUT2D eigenvalue weighted by Gasteiger charge is -2.11. The van der Waals surface area contributed by atoms with Crippen molar-refractivity contribution in [3.8, 4) is 0 Å². The molecular formula is C13H8BrClF2. The molecule has 1 unspecified atom stereocenters. The summed E-state index contributed by atoms with van der Waals surface area (Å²) in [4.78, 5) is 0. The van der Waals surface area contributed by atoms with E-state index in [0.29, 0.717) is 0 Å². The van der Waals surface area contributed by atoms with Crippen LogP contribution in [0.3, 0.4) is 0 Å².